The molecule has 150 valence electrons. The number of benzene rings is 3. The fourth-order valence-electron chi connectivity index (χ4n) is 3.04. The van der Waals surface area contributed by atoms with Crippen LogP contribution in [0, 0.1) is 5.82 Å². The van der Waals surface area contributed by atoms with Crippen molar-refractivity contribution in [3.8, 4) is 5.75 Å². The SMILES string of the molecule is CCCOc1ccc(C(=O)/C(=C/c2ccccc2F)c2nc3ccccc3o2)cc1. The molecule has 0 radical (unpaired) electrons. The molecule has 0 aliphatic heterocycles. The summed E-state index contributed by atoms with van der Waals surface area (Å²) in [6, 6.07) is 20.4. The molecule has 0 N–H and O–H groups in total. The van der Waals surface area contributed by atoms with Crippen molar-refractivity contribution in [2.24, 2.45) is 0 Å². The lowest BCUT2D eigenvalue weighted by atomic mass is 10.0. The third kappa shape index (κ3) is 4.15. The topological polar surface area (TPSA) is 52.3 Å². The molecule has 0 saturated heterocycles. The maximum Gasteiger partial charge on any atom is 0.231 e. The van der Waals surface area contributed by atoms with Crippen LogP contribution in [-0.4, -0.2) is 17.4 Å². The summed E-state index contributed by atoms with van der Waals surface area (Å²) in [5.41, 5.74) is 2.08. The molecule has 0 bridgehead atoms. The van der Waals surface area contributed by atoms with Gasteiger partial charge in [-0.1, -0.05) is 37.3 Å². The summed E-state index contributed by atoms with van der Waals surface area (Å²) in [5.74, 6) is 0.0970. The number of rotatable bonds is 7. The van der Waals surface area contributed by atoms with E-state index >= 15 is 0 Å². The first-order chi connectivity index (χ1) is 14.7. The zero-order valence-corrected chi connectivity index (χ0v) is 16.5. The smallest absolute Gasteiger partial charge is 0.231 e. The largest absolute Gasteiger partial charge is 0.494 e. The van der Waals surface area contributed by atoms with Gasteiger partial charge in [-0.15, -0.1) is 0 Å². The van der Waals surface area contributed by atoms with Gasteiger partial charge in [0.15, 0.2) is 11.4 Å². The molecule has 0 saturated carbocycles. The summed E-state index contributed by atoms with van der Waals surface area (Å²) in [6.07, 6.45) is 2.37. The number of carbonyl (C=O) groups excluding carboxylic acids is 1. The average molecular weight is 401 g/mol. The van der Waals surface area contributed by atoms with E-state index in [0.717, 1.165) is 6.42 Å². The maximum absolute atomic E-state index is 14.3. The number of Topliss-reactive ketones (excluding diaryl/α,β-unsaturated/α-hetero) is 1. The first-order valence-corrected chi connectivity index (χ1v) is 9.75. The highest BCUT2D eigenvalue weighted by molar-refractivity contribution is 6.31. The summed E-state index contributed by atoms with van der Waals surface area (Å²) in [5, 5.41) is 0. The maximum atomic E-state index is 14.3. The number of oxazole rings is 1. The first kappa shape index (κ1) is 19.6. The molecule has 4 nitrogen and oxygen atoms in total. The summed E-state index contributed by atoms with van der Waals surface area (Å²) < 4.78 is 25.7. The summed E-state index contributed by atoms with van der Waals surface area (Å²) in [4.78, 5) is 17.8. The van der Waals surface area contributed by atoms with Gasteiger partial charge >= 0.3 is 0 Å². The van der Waals surface area contributed by atoms with Crippen molar-refractivity contribution in [2.75, 3.05) is 6.61 Å². The molecule has 1 aromatic heterocycles. The van der Waals surface area contributed by atoms with Crippen LogP contribution in [0.15, 0.2) is 77.2 Å². The monoisotopic (exact) mass is 401 g/mol. The molecule has 30 heavy (non-hydrogen) atoms. The van der Waals surface area contributed by atoms with Crippen molar-refractivity contribution >= 4 is 28.5 Å². The second-order valence-electron chi connectivity index (χ2n) is 6.77. The molecule has 0 unspecified atom stereocenters. The summed E-state index contributed by atoms with van der Waals surface area (Å²) >= 11 is 0. The van der Waals surface area contributed by atoms with Crippen LogP contribution in [0.4, 0.5) is 4.39 Å². The van der Waals surface area contributed by atoms with Gasteiger partial charge in [-0.25, -0.2) is 9.37 Å². The van der Waals surface area contributed by atoms with E-state index in [2.05, 4.69) is 4.98 Å². The van der Waals surface area contributed by atoms with Crippen LogP contribution in [0.3, 0.4) is 0 Å². The number of hydrogen-bond acceptors (Lipinski definition) is 4. The van der Waals surface area contributed by atoms with Gasteiger partial charge in [-0.2, -0.15) is 0 Å². The minimum absolute atomic E-state index is 0.149. The van der Waals surface area contributed by atoms with Gasteiger partial charge in [-0.05, 0) is 55.0 Å². The second kappa shape index (κ2) is 8.74. The standard InChI is InChI=1S/C25H20FNO3/c1-2-15-29-19-13-11-17(12-14-19)24(28)20(16-18-7-3-4-8-21(18)26)25-27-22-9-5-6-10-23(22)30-25/h3-14,16H,2,15H2,1H3/b20-16-. The molecule has 0 atom stereocenters. The van der Waals surface area contributed by atoms with E-state index in [1.807, 2.05) is 19.1 Å². The number of hydrogen-bond donors (Lipinski definition) is 0. The van der Waals surface area contributed by atoms with Crippen molar-refractivity contribution in [1.29, 1.82) is 0 Å². The highest BCUT2D eigenvalue weighted by atomic mass is 19.1. The summed E-state index contributed by atoms with van der Waals surface area (Å²) in [6.45, 7) is 2.63. The molecular formula is C25H20FNO3. The predicted octanol–water partition coefficient (Wildman–Crippen LogP) is 6.18. The molecule has 0 amide bonds. The highest BCUT2D eigenvalue weighted by Crippen LogP contribution is 2.27. The van der Waals surface area contributed by atoms with Gasteiger partial charge in [0.05, 0.1) is 12.2 Å². The minimum atomic E-state index is -0.428. The lowest BCUT2D eigenvalue weighted by Gasteiger charge is -2.07. The van der Waals surface area contributed by atoms with Gasteiger partial charge in [0.1, 0.15) is 17.1 Å². The Hall–Kier alpha value is -3.73. The van der Waals surface area contributed by atoms with Crippen LogP contribution in [0.1, 0.15) is 35.2 Å². The Bertz CT molecular complexity index is 1180. The Balaban J connectivity index is 1.77. The van der Waals surface area contributed by atoms with Gasteiger partial charge in [0.2, 0.25) is 5.89 Å². The number of fused-ring (bicyclic) bond motifs is 1. The molecule has 4 aromatic rings. The zero-order valence-electron chi connectivity index (χ0n) is 16.5. The molecule has 0 fully saturated rings. The molecule has 4 rings (SSSR count). The van der Waals surface area contributed by atoms with E-state index in [4.69, 9.17) is 9.15 Å². The van der Waals surface area contributed by atoms with Crippen LogP contribution in [-0.2, 0) is 0 Å². The number of ether oxygens (including phenoxy) is 1. The van der Waals surface area contributed by atoms with E-state index in [1.165, 1.54) is 12.1 Å². The number of nitrogens with zero attached hydrogens (tertiary/aromatic N) is 1. The number of carbonyl (C=O) groups is 1. The Morgan fingerprint density at radius 3 is 2.50 bits per heavy atom. The van der Waals surface area contributed by atoms with Gasteiger partial charge in [0, 0.05) is 11.1 Å². The molecule has 0 aliphatic rings. The average Bonchev–Trinajstić information content (AvgIpc) is 3.21. The van der Waals surface area contributed by atoms with Crippen molar-refractivity contribution in [3.05, 3.63) is 95.6 Å². The van der Waals surface area contributed by atoms with Crippen molar-refractivity contribution < 1.29 is 18.3 Å². The molecule has 1 heterocycles. The second-order valence-corrected chi connectivity index (χ2v) is 6.77. The number of para-hydroxylation sites is 2. The van der Waals surface area contributed by atoms with Crippen molar-refractivity contribution in [1.82, 2.24) is 4.98 Å². The lowest BCUT2D eigenvalue weighted by molar-refractivity contribution is 0.105. The van der Waals surface area contributed by atoms with E-state index in [0.29, 0.717) is 29.0 Å². The molecule has 0 spiro atoms. The van der Waals surface area contributed by atoms with E-state index < -0.39 is 5.82 Å². The zero-order chi connectivity index (χ0) is 20.9. The third-order valence-electron chi connectivity index (χ3n) is 4.56. The van der Waals surface area contributed by atoms with Crippen molar-refractivity contribution in [2.45, 2.75) is 13.3 Å². The van der Waals surface area contributed by atoms with Crippen LogP contribution >= 0.6 is 0 Å². The number of halogens is 1. The van der Waals surface area contributed by atoms with Gasteiger partial charge in [0.25, 0.3) is 0 Å². The van der Waals surface area contributed by atoms with Gasteiger partial charge < -0.3 is 9.15 Å². The Kier molecular flexibility index (Phi) is 5.70. The Labute approximate surface area is 173 Å². The Morgan fingerprint density at radius 2 is 1.77 bits per heavy atom. The number of aromatic nitrogens is 1. The Morgan fingerprint density at radius 1 is 1.03 bits per heavy atom. The van der Waals surface area contributed by atoms with E-state index in [1.54, 1.807) is 54.6 Å². The quantitative estimate of drug-likeness (QED) is 0.274. The molecular weight excluding hydrogens is 381 g/mol. The minimum Gasteiger partial charge on any atom is -0.494 e. The fourth-order valence-corrected chi connectivity index (χ4v) is 3.04. The van der Waals surface area contributed by atoms with Crippen LogP contribution in [0.2, 0.25) is 0 Å². The number of allylic oxidation sites excluding steroid dienone is 1. The molecule has 5 heteroatoms. The fraction of sp³-hybridized carbons (Fsp3) is 0.120. The third-order valence-corrected chi connectivity index (χ3v) is 4.56. The predicted molar refractivity (Wildman–Crippen MR) is 115 cm³/mol. The molecule has 3 aromatic carbocycles. The highest BCUT2D eigenvalue weighted by Gasteiger charge is 2.21. The van der Waals surface area contributed by atoms with Crippen LogP contribution in [0.25, 0.3) is 22.7 Å². The van der Waals surface area contributed by atoms with E-state index in [-0.39, 0.29) is 22.8 Å². The van der Waals surface area contributed by atoms with Crippen LogP contribution < -0.4 is 4.74 Å². The van der Waals surface area contributed by atoms with E-state index in [9.17, 15) is 9.18 Å². The summed E-state index contributed by atoms with van der Waals surface area (Å²) in [7, 11) is 0. The first-order valence-electron chi connectivity index (χ1n) is 9.75. The normalized spacial score (nSPS) is 11.6. The van der Waals surface area contributed by atoms with Crippen molar-refractivity contribution in [3.63, 3.8) is 0 Å². The number of ketones is 1. The van der Waals surface area contributed by atoms with Gasteiger partial charge in [-0.3, -0.25) is 4.79 Å². The van der Waals surface area contributed by atoms with Crippen LogP contribution in [0.5, 0.6) is 5.75 Å². The lowest BCUT2D eigenvalue weighted by Crippen LogP contribution is -2.04. The molecule has 0 aliphatic carbocycles.